The molecule has 0 aliphatic heterocycles. The number of aromatic amines is 1. The van der Waals surface area contributed by atoms with Gasteiger partial charge in [-0.05, 0) is 36.8 Å². The smallest absolute Gasteiger partial charge is 0.295 e. The molecule has 9 heteroatoms. The Kier molecular flexibility index (Phi) is 5.13. The normalized spacial score (nSPS) is 11.5. The van der Waals surface area contributed by atoms with E-state index in [0.717, 1.165) is 27.2 Å². The van der Waals surface area contributed by atoms with Crippen LogP contribution in [0.15, 0.2) is 64.2 Å². The number of benzene rings is 2. The van der Waals surface area contributed by atoms with Gasteiger partial charge in [-0.15, -0.1) is 20.4 Å². The van der Waals surface area contributed by atoms with E-state index in [1.54, 1.807) is 30.2 Å². The molecule has 0 spiro atoms. The molecule has 0 saturated heterocycles. The maximum absolute atomic E-state index is 12.4. The number of aryl methyl sites for hydroxylation is 2. The van der Waals surface area contributed by atoms with Gasteiger partial charge in [0.15, 0.2) is 10.8 Å². The molecular weight excluding hydrogens is 388 g/mol. The first-order valence-corrected chi connectivity index (χ1v) is 9.83. The van der Waals surface area contributed by atoms with Crippen LogP contribution in [0.4, 0.5) is 5.69 Å². The van der Waals surface area contributed by atoms with Gasteiger partial charge in [-0.25, -0.2) is 0 Å². The van der Waals surface area contributed by atoms with Crippen molar-refractivity contribution in [1.29, 1.82) is 0 Å². The first-order valence-electron chi connectivity index (χ1n) is 8.84. The number of aromatic nitrogens is 4. The van der Waals surface area contributed by atoms with E-state index in [-0.39, 0.29) is 11.6 Å². The number of carbonyl (C=O) groups is 1. The summed E-state index contributed by atoms with van der Waals surface area (Å²) in [5, 5.41) is 27.3. The van der Waals surface area contributed by atoms with E-state index in [1.807, 2.05) is 48.9 Å². The fourth-order valence-corrected chi connectivity index (χ4v) is 3.67. The molecule has 8 nitrogen and oxygen atoms in total. The third kappa shape index (κ3) is 4.04. The second-order valence-electron chi connectivity index (χ2n) is 6.59. The Hall–Kier alpha value is -3.46. The quantitative estimate of drug-likeness (QED) is 0.374. The number of fused-ring (bicyclic) bond motifs is 1. The van der Waals surface area contributed by atoms with Crippen molar-refractivity contribution in [2.24, 2.45) is 17.3 Å². The number of rotatable bonds is 5. The van der Waals surface area contributed by atoms with E-state index >= 15 is 0 Å². The molecule has 1 amide bonds. The Morgan fingerprint density at radius 2 is 2.03 bits per heavy atom. The molecule has 2 N–H and O–H groups in total. The van der Waals surface area contributed by atoms with Gasteiger partial charge in [0.1, 0.15) is 6.33 Å². The molecule has 0 unspecified atom stereocenters. The van der Waals surface area contributed by atoms with Gasteiger partial charge in [-0.3, -0.25) is 4.79 Å². The van der Waals surface area contributed by atoms with Gasteiger partial charge in [-0.2, -0.15) is 0 Å². The van der Waals surface area contributed by atoms with Crippen LogP contribution in [-0.2, 0) is 12.8 Å². The van der Waals surface area contributed by atoms with Crippen molar-refractivity contribution in [3.05, 3.63) is 65.5 Å². The molecule has 0 bridgehead atoms. The lowest BCUT2D eigenvalue weighted by molar-refractivity contribution is 0.0995. The summed E-state index contributed by atoms with van der Waals surface area (Å²) < 4.78 is 1.85. The summed E-state index contributed by atoms with van der Waals surface area (Å²) in [5.41, 5.74) is 3.50. The highest BCUT2D eigenvalue weighted by Crippen LogP contribution is 2.36. The number of hydrogen-bond acceptors (Lipinski definition) is 6. The van der Waals surface area contributed by atoms with E-state index in [4.69, 9.17) is 0 Å². The van der Waals surface area contributed by atoms with Gasteiger partial charge in [0, 0.05) is 23.8 Å². The molecule has 2 aromatic heterocycles. The number of carbonyl (C=O) groups excluding carboxylic acids is 1. The Labute approximate surface area is 170 Å². The van der Waals surface area contributed by atoms with E-state index in [0.29, 0.717) is 11.3 Å². The molecule has 0 radical (unpaired) electrons. The van der Waals surface area contributed by atoms with Crippen LogP contribution < -0.4 is 0 Å². The number of aromatic hydroxyl groups is 1. The van der Waals surface area contributed by atoms with Crippen molar-refractivity contribution in [2.75, 3.05) is 0 Å². The SMILES string of the molecule is Cc1ccc2[nH]c(O)c(N=NC(=O)c3ccc(CSc4nncn4C)cc3)c2c1. The van der Waals surface area contributed by atoms with Crippen molar-refractivity contribution in [3.8, 4) is 5.88 Å². The van der Waals surface area contributed by atoms with Crippen molar-refractivity contribution in [2.45, 2.75) is 17.8 Å². The number of nitrogens with zero attached hydrogens (tertiary/aromatic N) is 5. The van der Waals surface area contributed by atoms with Crippen molar-refractivity contribution < 1.29 is 9.90 Å². The molecule has 0 aliphatic carbocycles. The molecular formula is C20H18N6O2S. The summed E-state index contributed by atoms with van der Waals surface area (Å²) in [6.07, 6.45) is 1.65. The number of thioether (sulfide) groups is 1. The molecule has 4 aromatic rings. The minimum Gasteiger partial charge on any atom is -0.493 e. The van der Waals surface area contributed by atoms with Crippen LogP contribution in [0.2, 0.25) is 0 Å². The third-order valence-electron chi connectivity index (χ3n) is 4.39. The number of amides is 1. The van der Waals surface area contributed by atoms with Gasteiger partial charge in [0.25, 0.3) is 5.91 Å². The highest BCUT2D eigenvalue weighted by molar-refractivity contribution is 7.98. The third-order valence-corrected chi connectivity index (χ3v) is 5.49. The first-order chi connectivity index (χ1) is 14.0. The Morgan fingerprint density at radius 1 is 1.24 bits per heavy atom. The molecule has 0 fully saturated rings. The fraction of sp³-hybridized carbons (Fsp3) is 0.150. The molecule has 29 heavy (non-hydrogen) atoms. The Morgan fingerprint density at radius 3 is 2.76 bits per heavy atom. The summed E-state index contributed by atoms with van der Waals surface area (Å²) >= 11 is 1.56. The van der Waals surface area contributed by atoms with E-state index in [9.17, 15) is 9.90 Å². The largest absolute Gasteiger partial charge is 0.493 e. The second-order valence-corrected chi connectivity index (χ2v) is 7.53. The van der Waals surface area contributed by atoms with Crippen LogP contribution in [0, 0.1) is 6.92 Å². The molecule has 0 aliphatic rings. The van der Waals surface area contributed by atoms with Crippen LogP contribution >= 0.6 is 11.8 Å². The number of H-pyrrole nitrogens is 1. The van der Waals surface area contributed by atoms with Gasteiger partial charge in [-0.1, -0.05) is 35.5 Å². The van der Waals surface area contributed by atoms with Crippen LogP contribution in [-0.4, -0.2) is 30.8 Å². The standard InChI is InChI=1S/C20H18N6O2S/c1-12-3-8-16-15(9-12)17(19(28)22-16)23-24-18(27)14-6-4-13(5-7-14)10-29-20-25-21-11-26(20)2/h3-9,11,22,28H,10H2,1-2H3. The highest BCUT2D eigenvalue weighted by Gasteiger charge is 2.12. The van der Waals surface area contributed by atoms with E-state index < -0.39 is 5.91 Å². The van der Waals surface area contributed by atoms with E-state index in [2.05, 4.69) is 25.4 Å². The maximum Gasteiger partial charge on any atom is 0.295 e. The van der Waals surface area contributed by atoms with Gasteiger partial charge >= 0.3 is 0 Å². The summed E-state index contributed by atoms with van der Waals surface area (Å²) in [6.45, 7) is 1.94. The van der Waals surface area contributed by atoms with E-state index in [1.165, 1.54) is 0 Å². The zero-order valence-corrected chi connectivity index (χ0v) is 16.6. The number of hydrogen-bond donors (Lipinski definition) is 2. The first kappa shape index (κ1) is 18.9. The predicted octanol–water partition coefficient (Wildman–Crippen LogP) is 4.53. The van der Waals surface area contributed by atoms with Crippen molar-refractivity contribution in [3.63, 3.8) is 0 Å². The molecule has 0 atom stereocenters. The second kappa shape index (κ2) is 7.88. The topological polar surface area (TPSA) is 109 Å². The maximum atomic E-state index is 12.4. The zero-order valence-electron chi connectivity index (χ0n) is 15.8. The lowest BCUT2D eigenvalue weighted by Gasteiger charge is -2.02. The van der Waals surface area contributed by atoms with Crippen LogP contribution in [0.5, 0.6) is 5.88 Å². The van der Waals surface area contributed by atoms with Gasteiger partial charge in [0.05, 0.1) is 5.52 Å². The molecule has 0 saturated carbocycles. The lowest BCUT2D eigenvalue weighted by atomic mass is 10.1. The van der Waals surface area contributed by atoms with Gasteiger partial charge < -0.3 is 14.7 Å². The molecule has 2 aromatic carbocycles. The predicted molar refractivity (Wildman–Crippen MR) is 111 cm³/mol. The van der Waals surface area contributed by atoms with Crippen molar-refractivity contribution >= 4 is 34.3 Å². The molecule has 4 rings (SSSR count). The monoisotopic (exact) mass is 406 g/mol. The highest BCUT2D eigenvalue weighted by atomic mass is 32.2. The summed E-state index contributed by atoms with van der Waals surface area (Å²) in [7, 11) is 1.89. The summed E-state index contributed by atoms with van der Waals surface area (Å²) in [6, 6.07) is 12.8. The fourth-order valence-electron chi connectivity index (χ4n) is 2.83. The zero-order chi connectivity index (χ0) is 20.4. The Bertz CT molecular complexity index is 1210. The number of nitrogens with one attached hydrogen (secondary N) is 1. The minimum atomic E-state index is -0.473. The number of azo groups is 1. The molecule has 146 valence electrons. The summed E-state index contributed by atoms with van der Waals surface area (Å²) in [5.74, 6) is 0.127. The van der Waals surface area contributed by atoms with Crippen molar-refractivity contribution in [1.82, 2.24) is 19.7 Å². The molecule has 2 heterocycles. The van der Waals surface area contributed by atoms with Crippen LogP contribution in [0.3, 0.4) is 0 Å². The van der Waals surface area contributed by atoms with Crippen LogP contribution in [0.1, 0.15) is 21.5 Å². The minimum absolute atomic E-state index is 0.113. The van der Waals surface area contributed by atoms with Gasteiger partial charge in [0.2, 0.25) is 5.88 Å². The lowest BCUT2D eigenvalue weighted by Crippen LogP contribution is -1.94. The Balaban J connectivity index is 1.47. The average molecular weight is 406 g/mol. The summed E-state index contributed by atoms with van der Waals surface area (Å²) in [4.78, 5) is 15.2. The van der Waals surface area contributed by atoms with Crippen LogP contribution in [0.25, 0.3) is 10.9 Å². The average Bonchev–Trinajstić information content (AvgIpc) is 3.26.